The van der Waals surface area contributed by atoms with Crippen LogP contribution in [-0.2, 0) is 6.42 Å². The molecule has 1 aromatic carbocycles. The quantitative estimate of drug-likeness (QED) is 0.656. The number of unbranched alkanes of at least 4 members (excludes halogenated alkanes) is 1. The van der Waals surface area contributed by atoms with Crippen LogP contribution in [0.3, 0.4) is 0 Å². The fraction of sp³-hybridized carbons (Fsp3) is 0.650. The Hall–Kier alpha value is -0.810. The van der Waals surface area contributed by atoms with Gasteiger partial charge in [-0.05, 0) is 94.9 Å². The number of likely N-dealkylation sites (tertiary alicyclic amines) is 1. The lowest BCUT2D eigenvalue weighted by Crippen LogP contribution is -2.26. The van der Waals surface area contributed by atoms with E-state index in [2.05, 4.69) is 27.7 Å². The molecule has 148 valence electrons. The zero-order chi connectivity index (χ0) is 16.6. The highest BCUT2D eigenvalue weighted by molar-refractivity contribution is 5.94. The SMILES string of the molecule is Cl.Cl.O=C(NCCCCN1CCCC1)c1cccc(CC2CCNC2)c1. The lowest BCUT2D eigenvalue weighted by Gasteiger charge is -2.14. The Morgan fingerprint density at radius 2 is 2.00 bits per heavy atom. The first kappa shape index (κ1) is 23.2. The average Bonchev–Trinajstić information content (AvgIpc) is 3.28. The minimum Gasteiger partial charge on any atom is -0.352 e. The van der Waals surface area contributed by atoms with Crippen molar-refractivity contribution in [1.82, 2.24) is 15.5 Å². The van der Waals surface area contributed by atoms with Gasteiger partial charge in [-0.2, -0.15) is 0 Å². The first-order chi connectivity index (χ1) is 11.8. The zero-order valence-corrected chi connectivity index (χ0v) is 17.2. The second kappa shape index (κ2) is 12.6. The number of carbonyl (C=O) groups excluding carboxylic acids is 1. The van der Waals surface area contributed by atoms with Crippen LogP contribution < -0.4 is 10.6 Å². The third kappa shape index (κ3) is 7.43. The number of carbonyl (C=O) groups is 1. The summed E-state index contributed by atoms with van der Waals surface area (Å²) in [5.74, 6) is 0.788. The van der Waals surface area contributed by atoms with Crippen molar-refractivity contribution in [2.75, 3.05) is 39.3 Å². The molecule has 1 unspecified atom stereocenters. The molecule has 0 spiro atoms. The predicted molar refractivity (Wildman–Crippen MR) is 113 cm³/mol. The molecule has 1 aromatic rings. The smallest absolute Gasteiger partial charge is 0.251 e. The molecule has 2 N–H and O–H groups in total. The molecule has 3 rings (SSSR count). The molecular formula is C20H33Cl2N3O. The van der Waals surface area contributed by atoms with Crippen molar-refractivity contribution in [3.05, 3.63) is 35.4 Å². The molecule has 1 amide bonds. The van der Waals surface area contributed by atoms with E-state index in [-0.39, 0.29) is 30.7 Å². The van der Waals surface area contributed by atoms with E-state index >= 15 is 0 Å². The Kier molecular flexibility index (Phi) is 11.2. The molecule has 2 fully saturated rings. The van der Waals surface area contributed by atoms with E-state index in [1.54, 1.807) is 0 Å². The highest BCUT2D eigenvalue weighted by Gasteiger charge is 2.15. The van der Waals surface area contributed by atoms with Gasteiger partial charge in [0.2, 0.25) is 0 Å². The lowest BCUT2D eigenvalue weighted by atomic mass is 9.97. The van der Waals surface area contributed by atoms with Crippen molar-refractivity contribution in [3.8, 4) is 0 Å². The third-order valence-corrected chi connectivity index (χ3v) is 5.26. The second-order valence-electron chi connectivity index (χ2n) is 7.28. The normalized spacial score (nSPS) is 19.6. The Balaban J connectivity index is 0.00000169. The summed E-state index contributed by atoms with van der Waals surface area (Å²) >= 11 is 0. The van der Waals surface area contributed by atoms with Crippen LogP contribution in [0, 0.1) is 5.92 Å². The van der Waals surface area contributed by atoms with Crippen LogP contribution in [-0.4, -0.2) is 50.1 Å². The summed E-state index contributed by atoms with van der Waals surface area (Å²) in [7, 11) is 0. The van der Waals surface area contributed by atoms with Gasteiger partial charge < -0.3 is 15.5 Å². The second-order valence-corrected chi connectivity index (χ2v) is 7.28. The summed E-state index contributed by atoms with van der Waals surface area (Å²) in [6.07, 6.45) is 7.26. The van der Waals surface area contributed by atoms with Gasteiger partial charge in [-0.25, -0.2) is 0 Å². The Morgan fingerprint density at radius 1 is 1.19 bits per heavy atom. The van der Waals surface area contributed by atoms with Crippen molar-refractivity contribution >= 4 is 30.7 Å². The Labute approximate surface area is 170 Å². The molecule has 6 heteroatoms. The van der Waals surface area contributed by atoms with Crippen LogP contribution in [0.1, 0.15) is 48.0 Å². The van der Waals surface area contributed by atoms with Gasteiger partial charge in [0.1, 0.15) is 0 Å². The van der Waals surface area contributed by atoms with Crippen molar-refractivity contribution in [2.45, 2.75) is 38.5 Å². The number of amides is 1. The van der Waals surface area contributed by atoms with Crippen LogP contribution >= 0.6 is 24.8 Å². The average molecular weight is 402 g/mol. The maximum atomic E-state index is 12.3. The number of hydrogen-bond acceptors (Lipinski definition) is 3. The minimum absolute atomic E-state index is 0. The summed E-state index contributed by atoms with van der Waals surface area (Å²) in [4.78, 5) is 14.9. The third-order valence-electron chi connectivity index (χ3n) is 5.26. The molecule has 0 bridgehead atoms. The molecule has 1 atom stereocenters. The van der Waals surface area contributed by atoms with Gasteiger partial charge in [0.25, 0.3) is 5.91 Å². The zero-order valence-electron chi connectivity index (χ0n) is 15.5. The van der Waals surface area contributed by atoms with Gasteiger partial charge in [-0.1, -0.05) is 12.1 Å². The van der Waals surface area contributed by atoms with E-state index in [1.165, 1.54) is 50.9 Å². The van der Waals surface area contributed by atoms with E-state index in [4.69, 9.17) is 0 Å². The summed E-state index contributed by atoms with van der Waals surface area (Å²) in [5, 5.41) is 6.48. The molecule has 0 saturated carbocycles. The van der Waals surface area contributed by atoms with E-state index < -0.39 is 0 Å². The van der Waals surface area contributed by atoms with E-state index in [0.29, 0.717) is 5.92 Å². The monoisotopic (exact) mass is 401 g/mol. The highest BCUT2D eigenvalue weighted by Crippen LogP contribution is 2.16. The molecular weight excluding hydrogens is 369 g/mol. The Morgan fingerprint density at radius 3 is 2.73 bits per heavy atom. The number of nitrogens with zero attached hydrogens (tertiary/aromatic N) is 1. The van der Waals surface area contributed by atoms with Crippen LogP contribution in [0.5, 0.6) is 0 Å². The van der Waals surface area contributed by atoms with Crippen LogP contribution in [0.15, 0.2) is 24.3 Å². The molecule has 26 heavy (non-hydrogen) atoms. The minimum atomic E-state index is 0. The van der Waals surface area contributed by atoms with Gasteiger partial charge >= 0.3 is 0 Å². The largest absolute Gasteiger partial charge is 0.352 e. The fourth-order valence-electron chi connectivity index (χ4n) is 3.83. The van der Waals surface area contributed by atoms with Gasteiger partial charge in [0.05, 0.1) is 0 Å². The maximum Gasteiger partial charge on any atom is 0.251 e. The van der Waals surface area contributed by atoms with Crippen molar-refractivity contribution in [2.24, 2.45) is 5.92 Å². The first-order valence-corrected chi connectivity index (χ1v) is 9.61. The molecule has 0 aliphatic carbocycles. The number of halogens is 2. The van der Waals surface area contributed by atoms with Crippen LogP contribution in [0.2, 0.25) is 0 Å². The summed E-state index contributed by atoms with van der Waals surface area (Å²) in [5.41, 5.74) is 2.09. The number of nitrogens with one attached hydrogen (secondary N) is 2. The molecule has 2 aliphatic rings. The van der Waals surface area contributed by atoms with E-state index in [9.17, 15) is 4.79 Å². The lowest BCUT2D eigenvalue weighted by molar-refractivity contribution is 0.0952. The molecule has 2 aliphatic heterocycles. The highest BCUT2D eigenvalue weighted by atomic mass is 35.5. The van der Waals surface area contributed by atoms with Crippen LogP contribution in [0.25, 0.3) is 0 Å². The van der Waals surface area contributed by atoms with E-state index in [1.807, 2.05) is 12.1 Å². The van der Waals surface area contributed by atoms with Crippen molar-refractivity contribution in [3.63, 3.8) is 0 Å². The number of rotatable bonds is 8. The summed E-state index contributed by atoms with van der Waals surface area (Å²) in [6, 6.07) is 8.15. The molecule has 0 radical (unpaired) electrons. The molecule has 2 heterocycles. The van der Waals surface area contributed by atoms with Crippen molar-refractivity contribution in [1.29, 1.82) is 0 Å². The maximum absolute atomic E-state index is 12.3. The number of benzene rings is 1. The van der Waals surface area contributed by atoms with Crippen molar-refractivity contribution < 1.29 is 4.79 Å². The molecule has 0 aromatic heterocycles. The molecule has 4 nitrogen and oxygen atoms in total. The van der Waals surface area contributed by atoms with Gasteiger partial charge in [0, 0.05) is 12.1 Å². The standard InChI is InChI=1S/C20H31N3O.2ClH/c24-20(22-9-1-2-11-23-12-3-4-13-23)19-7-5-6-17(15-19)14-18-8-10-21-16-18;;/h5-7,15,18,21H,1-4,8-14,16H2,(H,22,24);2*1H. The van der Waals surface area contributed by atoms with Gasteiger partial charge in [-0.3, -0.25) is 4.79 Å². The number of hydrogen-bond donors (Lipinski definition) is 2. The summed E-state index contributed by atoms with van der Waals surface area (Å²) < 4.78 is 0. The van der Waals surface area contributed by atoms with Gasteiger partial charge in [-0.15, -0.1) is 24.8 Å². The van der Waals surface area contributed by atoms with Gasteiger partial charge in [0.15, 0.2) is 0 Å². The van der Waals surface area contributed by atoms with Crippen LogP contribution in [0.4, 0.5) is 0 Å². The first-order valence-electron chi connectivity index (χ1n) is 9.61. The summed E-state index contributed by atoms with van der Waals surface area (Å²) in [6.45, 7) is 6.71. The predicted octanol–water partition coefficient (Wildman–Crippen LogP) is 3.29. The van der Waals surface area contributed by atoms with E-state index in [0.717, 1.165) is 38.0 Å². The topological polar surface area (TPSA) is 44.4 Å². The molecule has 2 saturated heterocycles. The Bertz CT molecular complexity index is 530. The fourth-order valence-corrected chi connectivity index (χ4v) is 3.83.